The van der Waals surface area contributed by atoms with Gasteiger partial charge in [0.2, 0.25) is 0 Å². The van der Waals surface area contributed by atoms with E-state index in [1.807, 2.05) is 0 Å². The second-order valence-corrected chi connectivity index (χ2v) is 5.11. The molecule has 0 N–H and O–H groups in total. The minimum atomic E-state index is -0.772. The molecule has 0 spiro atoms. The smallest absolute Gasteiger partial charge is 0.163 e. The van der Waals surface area contributed by atoms with Crippen LogP contribution in [0.5, 0.6) is 0 Å². The van der Waals surface area contributed by atoms with E-state index in [4.69, 9.17) is 0 Å². The van der Waals surface area contributed by atoms with Crippen LogP contribution in [0.1, 0.15) is 25.8 Å². The summed E-state index contributed by atoms with van der Waals surface area (Å²) in [6.07, 6.45) is 0.995. The van der Waals surface area contributed by atoms with Gasteiger partial charge in [-0.05, 0) is 32.9 Å². The summed E-state index contributed by atoms with van der Waals surface area (Å²) in [7, 11) is 0. The molecule has 0 saturated heterocycles. The van der Waals surface area contributed by atoms with E-state index in [2.05, 4.69) is 34.7 Å². The number of alkyl halides is 1. The quantitative estimate of drug-likeness (QED) is 0.719. The van der Waals surface area contributed by atoms with Gasteiger partial charge in [-0.25, -0.2) is 8.78 Å². The van der Waals surface area contributed by atoms with Gasteiger partial charge in [0.1, 0.15) is 0 Å². The van der Waals surface area contributed by atoms with Gasteiger partial charge in [-0.1, -0.05) is 28.1 Å². The molecule has 0 aliphatic rings. The summed E-state index contributed by atoms with van der Waals surface area (Å²) >= 11 is 3.38. The molecule has 1 aromatic rings. The van der Waals surface area contributed by atoms with Crippen molar-refractivity contribution in [3.63, 3.8) is 0 Å². The maximum atomic E-state index is 13.5. The van der Waals surface area contributed by atoms with E-state index in [1.54, 1.807) is 12.1 Å². The summed E-state index contributed by atoms with van der Waals surface area (Å²) in [5, 5.41) is 0.919. The highest BCUT2D eigenvalue weighted by molar-refractivity contribution is 9.09. The molecule has 96 valence electrons. The fourth-order valence-corrected chi connectivity index (χ4v) is 1.92. The van der Waals surface area contributed by atoms with Crippen molar-refractivity contribution in [2.45, 2.75) is 32.9 Å². The standard InChI is InChI=1S/C13H18BrF2N/c1-10(2)17(8-4-7-14)9-11-5-3-6-12(15)13(11)16/h3,5-6,10H,4,7-9H2,1-2H3. The Balaban J connectivity index is 2.75. The van der Waals surface area contributed by atoms with Gasteiger partial charge in [0.25, 0.3) is 0 Å². The molecule has 1 rings (SSSR count). The molecule has 0 radical (unpaired) electrons. The highest BCUT2D eigenvalue weighted by atomic mass is 79.9. The summed E-state index contributed by atoms with van der Waals surface area (Å²) in [5.74, 6) is -1.50. The molecule has 4 heteroatoms. The number of halogens is 3. The highest BCUT2D eigenvalue weighted by Gasteiger charge is 2.14. The lowest BCUT2D eigenvalue weighted by Gasteiger charge is -2.26. The Bertz CT molecular complexity index is 355. The molecule has 0 amide bonds. The van der Waals surface area contributed by atoms with Crippen LogP contribution in [-0.4, -0.2) is 22.8 Å². The van der Waals surface area contributed by atoms with Gasteiger partial charge in [0.05, 0.1) is 0 Å². The van der Waals surface area contributed by atoms with Gasteiger partial charge in [-0.2, -0.15) is 0 Å². The van der Waals surface area contributed by atoms with E-state index in [0.717, 1.165) is 24.4 Å². The minimum Gasteiger partial charge on any atom is -0.297 e. The summed E-state index contributed by atoms with van der Waals surface area (Å²) in [6.45, 7) is 5.45. The van der Waals surface area contributed by atoms with Crippen molar-refractivity contribution in [3.05, 3.63) is 35.4 Å². The first-order valence-electron chi connectivity index (χ1n) is 5.79. The maximum absolute atomic E-state index is 13.5. The first-order valence-corrected chi connectivity index (χ1v) is 6.91. The molecule has 0 saturated carbocycles. The molecule has 0 aliphatic heterocycles. The number of hydrogen-bond acceptors (Lipinski definition) is 1. The first-order chi connectivity index (χ1) is 8.06. The van der Waals surface area contributed by atoms with E-state index in [-0.39, 0.29) is 0 Å². The SMILES string of the molecule is CC(C)N(CCCBr)Cc1cccc(F)c1F. The average molecular weight is 306 g/mol. The van der Waals surface area contributed by atoms with Crippen LogP contribution in [0.4, 0.5) is 8.78 Å². The summed E-state index contributed by atoms with van der Waals surface area (Å²) in [6, 6.07) is 4.66. The summed E-state index contributed by atoms with van der Waals surface area (Å²) in [4.78, 5) is 2.14. The molecule has 0 bridgehead atoms. The Morgan fingerprint density at radius 3 is 2.59 bits per heavy atom. The highest BCUT2D eigenvalue weighted by Crippen LogP contribution is 2.15. The third kappa shape index (κ3) is 4.36. The largest absolute Gasteiger partial charge is 0.297 e. The second kappa shape index (κ2) is 7.07. The van der Waals surface area contributed by atoms with Crippen molar-refractivity contribution in [2.75, 3.05) is 11.9 Å². The zero-order valence-electron chi connectivity index (χ0n) is 10.2. The van der Waals surface area contributed by atoms with Gasteiger partial charge in [-0.3, -0.25) is 4.90 Å². The number of nitrogens with zero attached hydrogens (tertiary/aromatic N) is 1. The summed E-state index contributed by atoms with van der Waals surface area (Å²) in [5.41, 5.74) is 0.424. The minimum absolute atomic E-state index is 0.316. The molecule has 0 heterocycles. The number of hydrogen-bond donors (Lipinski definition) is 0. The topological polar surface area (TPSA) is 3.24 Å². The van der Waals surface area contributed by atoms with Crippen LogP contribution in [0.15, 0.2) is 18.2 Å². The van der Waals surface area contributed by atoms with Gasteiger partial charge in [0, 0.05) is 23.5 Å². The summed E-state index contributed by atoms with van der Waals surface area (Å²) < 4.78 is 26.6. The van der Waals surface area contributed by atoms with Crippen LogP contribution in [0.2, 0.25) is 0 Å². The van der Waals surface area contributed by atoms with Gasteiger partial charge < -0.3 is 0 Å². The van der Waals surface area contributed by atoms with Crippen molar-refractivity contribution in [1.82, 2.24) is 4.90 Å². The first kappa shape index (κ1) is 14.6. The third-order valence-corrected chi connectivity index (χ3v) is 3.27. The van der Waals surface area contributed by atoms with Crippen molar-refractivity contribution in [3.8, 4) is 0 Å². The molecule has 0 aromatic heterocycles. The van der Waals surface area contributed by atoms with Crippen LogP contribution < -0.4 is 0 Å². The van der Waals surface area contributed by atoms with Gasteiger partial charge in [0.15, 0.2) is 11.6 Å². The van der Waals surface area contributed by atoms with Crippen LogP contribution in [0.25, 0.3) is 0 Å². The monoisotopic (exact) mass is 305 g/mol. The molecule has 0 unspecified atom stereocenters. The Morgan fingerprint density at radius 2 is 2.00 bits per heavy atom. The van der Waals surface area contributed by atoms with E-state index >= 15 is 0 Å². The molecule has 0 fully saturated rings. The van der Waals surface area contributed by atoms with Crippen molar-refractivity contribution < 1.29 is 8.78 Å². The Morgan fingerprint density at radius 1 is 1.29 bits per heavy atom. The fourth-order valence-electron chi connectivity index (χ4n) is 1.67. The van der Waals surface area contributed by atoms with Crippen LogP contribution in [0, 0.1) is 11.6 Å². The number of benzene rings is 1. The zero-order chi connectivity index (χ0) is 12.8. The molecule has 0 aliphatic carbocycles. The lowest BCUT2D eigenvalue weighted by molar-refractivity contribution is 0.210. The van der Waals surface area contributed by atoms with E-state index in [9.17, 15) is 8.78 Å². The predicted molar refractivity (Wildman–Crippen MR) is 70.3 cm³/mol. The molecule has 0 atom stereocenters. The average Bonchev–Trinajstić information content (AvgIpc) is 2.29. The zero-order valence-corrected chi connectivity index (χ0v) is 11.8. The predicted octanol–water partition coefficient (Wildman–Crippen LogP) is 3.96. The Labute approximate surface area is 110 Å². The number of rotatable bonds is 6. The molecule has 1 aromatic carbocycles. The van der Waals surface area contributed by atoms with E-state index in [0.29, 0.717) is 18.2 Å². The van der Waals surface area contributed by atoms with Crippen molar-refractivity contribution >= 4 is 15.9 Å². The van der Waals surface area contributed by atoms with Crippen molar-refractivity contribution in [2.24, 2.45) is 0 Å². The van der Waals surface area contributed by atoms with E-state index in [1.165, 1.54) is 0 Å². The molecular formula is C13H18BrF2N. The van der Waals surface area contributed by atoms with E-state index < -0.39 is 11.6 Å². The normalized spacial score (nSPS) is 11.5. The van der Waals surface area contributed by atoms with Gasteiger partial charge >= 0.3 is 0 Å². The maximum Gasteiger partial charge on any atom is 0.163 e. The van der Waals surface area contributed by atoms with Crippen LogP contribution >= 0.6 is 15.9 Å². The van der Waals surface area contributed by atoms with Gasteiger partial charge in [-0.15, -0.1) is 0 Å². The second-order valence-electron chi connectivity index (χ2n) is 4.32. The Kier molecular flexibility index (Phi) is 6.06. The van der Waals surface area contributed by atoms with Crippen LogP contribution in [-0.2, 0) is 6.54 Å². The van der Waals surface area contributed by atoms with Crippen molar-refractivity contribution in [1.29, 1.82) is 0 Å². The lowest BCUT2D eigenvalue weighted by atomic mass is 10.1. The Hall–Kier alpha value is -0.480. The lowest BCUT2D eigenvalue weighted by Crippen LogP contribution is -2.32. The molecule has 1 nitrogen and oxygen atoms in total. The third-order valence-electron chi connectivity index (χ3n) is 2.71. The van der Waals surface area contributed by atoms with Crippen LogP contribution in [0.3, 0.4) is 0 Å². The molecular weight excluding hydrogens is 288 g/mol. The fraction of sp³-hybridized carbons (Fsp3) is 0.538. The molecule has 17 heavy (non-hydrogen) atoms.